The van der Waals surface area contributed by atoms with E-state index in [-0.39, 0.29) is 16.8 Å². The molecule has 4 heterocycles. The molecule has 0 radical (unpaired) electrons. The van der Waals surface area contributed by atoms with Crippen LogP contribution in [0.25, 0.3) is 20.8 Å². The molecule has 2 aliphatic heterocycles. The molecule has 2 aliphatic rings. The lowest BCUT2D eigenvalue weighted by Gasteiger charge is -2.34. The second-order valence-electron chi connectivity index (χ2n) is 10.9. The first-order valence-electron chi connectivity index (χ1n) is 14.5. The zero-order chi connectivity index (χ0) is 28.6. The van der Waals surface area contributed by atoms with Crippen LogP contribution in [0.1, 0.15) is 66.8 Å². The van der Waals surface area contributed by atoms with Gasteiger partial charge in [0.1, 0.15) is 10.0 Å². The molecule has 1 N–H and O–H groups in total. The molecular weight excluding hydrogens is 573 g/mol. The van der Waals surface area contributed by atoms with Crippen LogP contribution in [-0.2, 0) is 23.0 Å². The van der Waals surface area contributed by atoms with Crippen LogP contribution in [0.2, 0.25) is 0 Å². The number of amides is 1. The van der Waals surface area contributed by atoms with Gasteiger partial charge in [0, 0.05) is 41.7 Å². The number of piperidine rings is 1. The summed E-state index contributed by atoms with van der Waals surface area (Å²) in [6.45, 7) is 7.72. The van der Waals surface area contributed by atoms with Gasteiger partial charge in [0.15, 0.2) is 0 Å². The highest BCUT2D eigenvalue weighted by Gasteiger charge is 2.33. The van der Waals surface area contributed by atoms with E-state index in [1.807, 2.05) is 25.1 Å². The largest absolute Gasteiger partial charge is 0.313 e. The molecule has 1 saturated heterocycles. The summed E-state index contributed by atoms with van der Waals surface area (Å²) in [5.41, 5.74) is 3.71. The maximum Gasteiger partial charge on any atom is 0.256 e. The summed E-state index contributed by atoms with van der Waals surface area (Å²) in [6, 6.07) is 14.6. The number of anilines is 1. The van der Waals surface area contributed by atoms with Gasteiger partial charge in [-0.1, -0.05) is 32.4 Å². The number of thiophene rings is 1. The fourth-order valence-corrected chi connectivity index (χ4v) is 10.2. The topological polar surface area (TPSA) is 82.6 Å². The first-order valence-corrected chi connectivity index (χ1v) is 17.6. The lowest BCUT2D eigenvalue weighted by Crippen LogP contribution is -2.43. The number of carbonyl (C=O) groups excluding carboxylic acids is 1. The summed E-state index contributed by atoms with van der Waals surface area (Å²) in [5.74, 6) is -0.246. The average molecular weight is 609 g/mol. The van der Waals surface area contributed by atoms with Crippen molar-refractivity contribution in [1.29, 1.82) is 0 Å². The van der Waals surface area contributed by atoms with Gasteiger partial charge in [0.25, 0.3) is 5.91 Å². The molecule has 216 valence electrons. The molecule has 0 saturated carbocycles. The molecule has 1 unspecified atom stereocenters. The van der Waals surface area contributed by atoms with Crippen molar-refractivity contribution < 1.29 is 13.2 Å². The van der Waals surface area contributed by atoms with Crippen molar-refractivity contribution in [2.24, 2.45) is 0 Å². The summed E-state index contributed by atoms with van der Waals surface area (Å²) in [4.78, 5) is 22.5. The van der Waals surface area contributed by atoms with Crippen LogP contribution in [0.15, 0.2) is 53.4 Å². The van der Waals surface area contributed by atoms with E-state index < -0.39 is 10.0 Å². The Balaban J connectivity index is 1.29. The molecule has 4 aromatic rings. The Kier molecular flexibility index (Phi) is 8.29. The highest BCUT2D eigenvalue weighted by Crippen LogP contribution is 2.46. The van der Waals surface area contributed by atoms with Gasteiger partial charge < -0.3 is 5.32 Å². The Morgan fingerprint density at radius 1 is 1.05 bits per heavy atom. The monoisotopic (exact) mass is 608 g/mol. The molecule has 0 aliphatic carbocycles. The fourth-order valence-electron chi connectivity index (χ4n) is 6.04. The number of para-hydroxylation sites is 1. The summed E-state index contributed by atoms with van der Waals surface area (Å²) >= 11 is 3.29. The van der Waals surface area contributed by atoms with Crippen molar-refractivity contribution in [2.75, 3.05) is 25.0 Å². The number of nitrogens with one attached hydrogen (secondary N) is 1. The number of hydrogen-bond acceptors (Lipinski definition) is 7. The number of sulfonamides is 1. The molecule has 1 fully saturated rings. The normalized spacial score (nSPS) is 18.4. The van der Waals surface area contributed by atoms with Crippen LogP contribution in [-0.4, -0.2) is 54.2 Å². The number of thiazole rings is 1. The highest BCUT2D eigenvalue weighted by atomic mass is 32.2. The first-order chi connectivity index (χ1) is 19.9. The summed E-state index contributed by atoms with van der Waals surface area (Å²) in [5, 5.41) is 4.92. The lowest BCUT2D eigenvalue weighted by atomic mass is 10.0. The van der Waals surface area contributed by atoms with E-state index in [1.54, 1.807) is 51.2 Å². The molecule has 2 aromatic carbocycles. The molecule has 41 heavy (non-hydrogen) atoms. The van der Waals surface area contributed by atoms with E-state index in [0.29, 0.717) is 12.1 Å². The van der Waals surface area contributed by atoms with Crippen molar-refractivity contribution in [3.63, 3.8) is 0 Å². The maximum absolute atomic E-state index is 13.5. The Bertz CT molecular complexity index is 1630. The Hall–Kier alpha value is -2.63. The quantitative estimate of drug-likeness (QED) is 0.233. The van der Waals surface area contributed by atoms with Crippen molar-refractivity contribution in [3.8, 4) is 10.6 Å². The SMILES string of the molecule is CCCN1CCc2c(sc(NC(=O)c3ccc(S(=O)(=O)N4CCCCC4CC)cc3)c2-c2nc3ccccc3s2)C1. The fraction of sp³-hybridized carbons (Fsp3) is 0.419. The number of nitrogens with zero attached hydrogens (tertiary/aromatic N) is 3. The number of carbonyl (C=O) groups is 1. The maximum atomic E-state index is 13.5. The van der Waals surface area contributed by atoms with Gasteiger partial charge in [0.2, 0.25) is 10.0 Å². The van der Waals surface area contributed by atoms with Gasteiger partial charge in [-0.05, 0) is 80.6 Å². The number of aromatic nitrogens is 1. The second kappa shape index (κ2) is 11.9. The van der Waals surface area contributed by atoms with E-state index >= 15 is 0 Å². The third-order valence-corrected chi connectivity index (χ3v) is 12.3. The highest BCUT2D eigenvalue weighted by molar-refractivity contribution is 7.89. The molecule has 6 rings (SSSR count). The molecule has 1 atom stereocenters. The minimum absolute atomic E-state index is 0.0377. The van der Waals surface area contributed by atoms with Crippen LogP contribution in [0, 0.1) is 0 Å². The predicted molar refractivity (Wildman–Crippen MR) is 168 cm³/mol. The van der Waals surface area contributed by atoms with E-state index in [2.05, 4.69) is 23.2 Å². The average Bonchev–Trinajstić information content (AvgIpc) is 3.57. The van der Waals surface area contributed by atoms with E-state index in [4.69, 9.17) is 4.98 Å². The predicted octanol–water partition coefficient (Wildman–Crippen LogP) is 7.00. The third kappa shape index (κ3) is 5.60. The molecule has 1 amide bonds. The standard InChI is InChI=1S/C31H36N4O3S3/c1-3-17-34-19-16-24-27(20-34)40-31(28(24)30-32-25-10-5-6-11-26(25)39-30)33-29(36)21-12-14-23(15-13-21)41(37,38)35-18-8-7-9-22(35)4-2/h5-6,10-15,22H,3-4,7-9,16-20H2,1-2H3,(H,33,36). The summed E-state index contributed by atoms with van der Waals surface area (Å²) < 4.78 is 29.6. The van der Waals surface area contributed by atoms with Crippen molar-refractivity contribution in [2.45, 2.75) is 69.9 Å². The van der Waals surface area contributed by atoms with Crippen LogP contribution in [0.4, 0.5) is 5.00 Å². The minimum Gasteiger partial charge on any atom is -0.313 e. The van der Waals surface area contributed by atoms with Crippen LogP contribution in [0.5, 0.6) is 0 Å². The van der Waals surface area contributed by atoms with Crippen LogP contribution >= 0.6 is 22.7 Å². The van der Waals surface area contributed by atoms with Gasteiger partial charge in [0.05, 0.1) is 15.1 Å². The summed E-state index contributed by atoms with van der Waals surface area (Å²) in [6.07, 6.45) is 5.68. The Labute approximate surface area is 250 Å². The smallest absolute Gasteiger partial charge is 0.256 e. The second-order valence-corrected chi connectivity index (χ2v) is 14.9. The number of benzene rings is 2. The number of fused-ring (bicyclic) bond motifs is 2. The van der Waals surface area contributed by atoms with Crippen molar-refractivity contribution >= 4 is 53.8 Å². The first kappa shape index (κ1) is 28.5. The molecule has 10 heteroatoms. The van der Waals surface area contributed by atoms with Gasteiger partial charge >= 0.3 is 0 Å². The van der Waals surface area contributed by atoms with E-state index in [1.165, 1.54) is 10.4 Å². The van der Waals surface area contributed by atoms with Crippen molar-refractivity contribution in [1.82, 2.24) is 14.2 Å². The van der Waals surface area contributed by atoms with E-state index in [9.17, 15) is 13.2 Å². The Morgan fingerprint density at radius 3 is 2.61 bits per heavy atom. The molecule has 0 spiro atoms. The van der Waals surface area contributed by atoms with Crippen LogP contribution < -0.4 is 5.32 Å². The summed E-state index contributed by atoms with van der Waals surface area (Å²) in [7, 11) is -3.60. The van der Waals surface area contributed by atoms with Gasteiger partial charge in [-0.3, -0.25) is 9.69 Å². The lowest BCUT2D eigenvalue weighted by molar-refractivity contribution is 0.102. The van der Waals surface area contributed by atoms with E-state index in [0.717, 1.165) is 83.9 Å². The molecule has 7 nitrogen and oxygen atoms in total. The molecule has 2 aromatic heterocycles. The zero-order valence-corrected chi connectivity index (χ0v) is 26.0. The van der Waals surface area contributed by atoms with Crippen molar-refractivity contribution in [3.05, 3.63) is 64.5 Å². The Morgan fingerprint density at radius 2 is 1.85 bits per heavy atom. The molecule has 0 bridgehead atoms. The number of hydrogen-bond donors (Lipinski definition) is 1. The van der Waals surface area contributed by atoms with Gasteiger partial charge in [-0.2, -0.15) is 4.31 Å². The van der Waals surface area contributed by atoms with Gasteiger partial charge in [-0.25, -0.2) is 13.4 Å². The van der Waals surface area contributed by atoms with Gasteiger partial charge in [-0.15, -0.1) is 22.7 Å². The van der Waals surface area contributed by atoms with Crippen LogP contribution in [0.3, 0.4) is 0 Å². The third-order valence-electron chi connectivity index (χ3n) is 8.18. The minimum atomic E-state index is -3.60. The zero-order valence-electron chi connectivity index (χ0n) is 23.6. The molecular formula is C31H36N4O3S3. The number of rotatable bonds is 8.